The molecule has 1 aromatic carbocycles. The first-order valence-corrected chi connectivity index (χ1v) is 5.74. The summed E-state index contributed by atoms with van der Waals surface area (Å²) in [5, 5.41) is 2.73. The minimum Gasteiger partial charge on any atom is -0.491 e. The summed E-state index contributed by atoms with van der Waals surface area (Å²) in [5.74, 6) is 0.872. The van der Waals surface area contributed by atoms with Crippen LogP contribution in [0.25, 0.3) is 0 Å². The number of carbonyl (C=O) groups excluding carboxylic acids is 1. The van der Waals surface area contributed by atoms with Crippen molar-refractivity contribution in [3.05, 3.63) is 28.2 Å². The molecule has 0 saturated heterocycles. The van der Waals surface area contributed by atoms with E-state index >= 15 is 0 Å². The fourth-order valence-electron chi connectivity index (χ4n) is 1.66. The zero-order valence-corrected chi connectivity index (χ0v) is 10.4. The Hall–Kier alpha value is -1.23. The van der Waals surface area contributed by atoms with Crippen molar-refractivity contribution < 1.29 is 14.3 Å². The van der Waals surface area contributed by atoms with E-state index in [4.69, 9.17) is 4.74 Å². The molecule has 1 N–H and O–H groups in total. The summed E-state index contributed by atoms with van der Waals surface area (Å²) >= 11 is 3.39. The van der Waals surface area contributed by atoms with Crippen LogP contribution in [0.2, 0.25) is 0 Å². The molecule has 0 unspecified atom stereocenters. The molecule has 1 heterocycles. The number of halogens is 1. The molecule has 0 aliphatic carbocycles. The average molecular weight is 286 g/mol. The lowest BCUT2D eigenvalue weighted by Gasteiger charge is -2.25. The van der Waals surface area contributed by atoms with Crippen molar-refractivity contribution in [3.63, 3.8) is 0 Å². The van der Waals surface area contributed by atoms with Gasteiger partial charge >= 0.3 is 6.09 Å². The molecule has 1 aliphatic heterocycles. The van der Waals surface area contributed by atoms with Gasteiger partial charge in [-0.1, -0.05) is 22.0 Å². The van der Waals surface area contributed by atoms with Crippen molar-refractivity contribution in [3.8, 4) is 5.75 Å². The standard InChI is InChI=1S/C11H12BrNO3/c1-15-11(14)13-9-4-7-2-3-8(12)5-10(7)16-6-9/h2-3,5,9H,4,6H2,1H3,(H,13,14)/t9-/m1/s1. The van der Waals surface area contributed by atoms with Gasteiger partial charge in [-0.15, -0.1) is 0 Å². The number of hydrogen-bond donors (Lipinski definition) is 1. The van der Waals surface area contributed by atoms with Crippen LogP contribution in [0.5, 0.6) is 5.75 Å². The van der Waals surface area contributed by atoms with Gasteiger partial charge in [-0.3, -0.25) is 0 Å². The minimum atomic E-state index is -0.422. The smallest absolute Gasteiger partial charge is 0.407 e. The summed E-state index contributed by atoms with van der Waals surface area (Å²) in [6.45, 7) is 0.471. The molecule has 2 rings (SSSR count). The summed E-state index contributed by atoms with van der Waals surface area (Å²) < 4.78 is 11.1. The lowest BCUT2D eigenvalue weighted by Crippen LogP contribution is -2.42. The number of fused-ring (bicyclic) bond motifs is 1. The maximum atomic E-state index is 11.0. The van der Waals surface area contributed by atoms with E-state index < -0.39 is 6.09 Å². The summed E-state index contributed by atoms with van der Waals surface area (Å²) in [5.41, 5.74) is 1.09. The summed E-state index contributed by atoms with van der Waals surface area (Å²) in [6, 6.07) is 5.86. The Kier molecular flexibility index (Phi) is 3.33. The van der Waals surface area contributed by atoms with Gasteiger partial charge in [-0.2, -0.15) is 0 Å². The largest absolute Gasteiger partial charge is 0.491 e. The van der Waals surface area contributed by atoms with Crippen LogP contribution >= 0.6 is 15.9 Å². The number of carbonyl (C=O) groups is 1. The monoisotopic (exact) mass is 285 g/mol. The Labute approximate surface area is 102 Å². The quantitative estimate of drug-likeness (QED) is 0.860. The second kappa shape index (κ2) is 4.74. The van der Waals surface area contributed by atoms with Gasteiger partial charge in [0, 0.05) is 4.47 Å². The molecule has 0 bridgehead atoms. The van der Waals surface area contributed by atoms with Gasteiger partial charge in [0.15, 0.2) is 0 Å². The highest BCUT2D eigenvalue weighted by Gasteiger charge is 2.21. The van der Waals surface area contributed by atoms with E-state index in [0.717, 1.165) is 22.2 Å². The molecule has 0 saturated carbocycles. The van der Waals surface area contributed by atoms with Crippen molar-refractivity contribution in [2.24, 2.45) is 0 Å². The van der Waals surface area contributed by atoms with Gasteiger partial charge in [0.05, 0.1) is 13.2 Å². The van der Waals surface area contributed by atoms with Crippen molar-refractivity contribution in [2.45, 2.75) is 12.5 Å². The Bertz CT molecular complexity index is 408. The number of nitrogens with one attached hydrogen (secondary N) is 1. The van der Waals surface area contributed by atoms with Crippen molar-refractivity contribution in [1.29, 1.82) is 0 Å². The second-order valence-electron chi connectivity index (χ2n) is 3.60. The summed E-state index contributed by atoms with van der Waals surface area (Å²) in [4.78, 5) is 11.0. The molecular formula is C11H12BrNO3. The predicted octanol–water partition coefficient (Wildman–Crippen LogP) is 2.11. The maximum Gasteiger partial charge on any atom is 0.407 e. The van der Waals surface area contributed by atoms with Crippen LogP contribution in [0.3, 0.4) is 0 Å². The molecule has 16 heavy (non-hydrogen) atoms. The lowest BCUT2D eigenvalue weighted by atomic mass is 10.0. The summed E-state index contributed by atoms with van der Waals surface area (Å²) in [7, 11) is 1.35. The minimum absolute atomic E-state index is 0.0267. The topological polar surface area (TPSA) is 47.6 Å². The van der Waals surface area contributed by atoms with Crippen molar-refractivity contribution in [1.82, 2.24) is 5.32 Å². The van der Waals surface area contributed by atoms with Gasteiger partial charge in [-0.25, -0.2) is 4.79 Å². The molecular weight excluding hydrogens is 274 g/mol. The lowest BCUT2D eigenvalue weighted by molar-refractivity contribution is 0.156. The fourth-order valence-corrected chi connectivity index (χ4v) is 2.00. The van der Waals surface area contributed by atoms with Gasteiger partial charge in [0.2, 0.25) is 0 Å². The van der Waals surface area contributed by atoms with Crippen molar-refractivity contribution in [2.75, 3.05) is 13.7 Å². The molecule has 86 valence electrons. The number of methoxy groups -OCH3 is 1. The zero-order valence-electron chi connectivity index (χ0n) is 8.83. The number of alkyl carbamates (subject to hydrolysis) is 1. The normalized spacial score (nSPS) is 18.2. The summed E-state index contributed by atoms with van der Waals surface area (Å²) in [6.07, 6.45) is 0.340. The predicted molar refractivity (Wildman–Crippen MR) is 62.7 cm³/mol. The van der Waals surface area contributed by atoms with Crippen LogP contribution in [-0.2, 0) is 11.2 Å². The molecule has 4 nitrogen and oxygen atoms in total. The molecule has 1 aromatic rings. The molecule has 0 radical (unpaired) electrons. The first kappa shape index (κ1) is 11.3. The van der Waals surface area contributed by atoms with Crippen LogP contribution in [0.15, 0.2) is 22.7 Å². The van der Waals surface area contributed by atoms with Gasteiger partial charge in [-0.05, 0) is 24.1 Å². The van der Waals surface area contributed by atoms with E-state index in [-0.39, 0.29) is 6.04 Å². The third kappa shape index (κ3) is 2.47. The van der Waals surface area contributed by atoms with Crippen LogP contribution in [-0.4, -0.2) is 25.9 Å². The Morgan fingerprint density at radius 1 is 1.62 bits per heavy atom. The molecule has 1 aliphatic rings. The highest BCUT2D eigenvalue weighted by molar-refractivity contribution is 9.10. The van der Waals surface area contributed by atoms with Crippen LogP contribution in [0, 0.1) is 0 Å². The average Bonchev–Trinajstić information content (AvgIpc) is 2.29. The van der Waals surface area contributed by atoms with Crippen LogP contribution in [0.1, 0.15) is 5.56 Å². The van der Waals surface area contributed by atoms with E-state index in [0.29, 0.717) is 6.61 Å². The molecule has 1 atom stereocenters. The number of benzene rings is 1. The van der Waals surface area contributed by atoms with Crippen molar-refractivity contribution >= 4 is 22.0 Å². The SMILES string of the molecule is COC(=O)N[C@H]1COc2cc(Br)ccc2C1. The third-order valence-corrected chi connectivity index (χ3v) is 2.94. The second-order valence-corrected chi connectivity index (χ2v) is 4.52. The highest BCUT2D eigenvalue weighted by atomic mass is 79.9. The Balaban J connectivity index is 2.06. The first-order chi connectivity index (χ1) is 7.69. The zero-order chi connectivity index (χ0) is 11.5. The van der Waals surface area contributed by atoms with Gasteiger partial charge in [0.25, 0.3) is 0 Å². The molecule has 0 fully saturated rings. The van der Waals surface area contributed by atoms with E-state index in [9.17, 15) is 4.79 Å². The van der Waals surface area contributed by atoms with Gasteiger partial charge < -0.3 is 14.8 Å². The number of amides is 1. The fraction of sp³-hybridized carbons (Fsp3) is 0.364. The van der Waals surface area contributed by atoms with E-state index in [1.807, 2.05) is 18.2 Å². The first-order valence-electron chi connectivity index (χ1n) is 4.95. The van der Waals surface area contributed by atoms with E-state index in [1.165, 1.54) is 7.11 Å². The Morgan fingerprint density at radius 3 is 3.19 bits per heavy atom. The Morgan fingerprint density at radius 2 is 2.44 bits per heavy atom. The van der Waals surface area contributed by atoms with E-state index in [2.05, 4.69) is 26.0 Å². The number of ether oxygens (including phenoxy) is 2. The van der Waals surface area contributed by atoms with Crippen LogP contribution < -0.4 is 10.1 Å². The molecule has 0 spiro atoms. The molecule has 0 aromatic heterocycles. The van der Waals surface area contributed by atoms with E-state index in [1.54, 1.807) is 0 Å². The maximum absolute atomic E-state index is 11.0. The van der Waals surface area contributed by atoms with Crippen LogP contribution in [0.4, 0.5) is 4.79 Å². The molecule has 5 heteroatoms. The number of rotatable bonds is 1. The van der Waals surface area contributed by atoms with Gasteiger partial charge in [0.1, 0.15) is 12.4 Å². The number of hydrogen-bond acceptors (Lipinski definition) is 3. The molecule has 1 amide bonds. The third-order valence-electron chi connectivity index (χ3n) is 2.44. The highest BCUT2D eigenvalue weighted by Crippen LogP contribution is 2.28.